The molecule has 24 heavy (non-hydrogen) atoms. The van der Waals surface area contributed by atoms with Gasteiger partial charge in [0.15, 0.2) is 0 Å². The lowest BCUT2D eigenvalue weighted by Crippen LogP contribution is -2.53. The van der Waals surface area contributed by atoms with E-state index >= 15 is 0 Å². The van der Waals surface area contributed by atoms with Gasteiger partial charge in [-0.25, -0.2) is 13.1 Å². The van der Waals surface area contributed by atoms with Gasteiger partial charge in [0.05, 0.1) is 4.90 Å². The zero-order chi connectivity index (χ0) is 17.6. The van der Waals surface area contributed by atoms with Crippen LogP contribution >= 0.6 is 0 Å². The van der Waals surface area contributed by atoms with Crippen LogP contribution in [0.25, 0.3) is 0 Å². The summed E-state index contributed by atoms with van der Waals surface area (Å²) in [5, 5.41) is 0. The summed E-state index contributed by atoms with van der Waals surface area (Å²) >= 11 is 0. The van der Waals surface area contributed by atoms with Gasteiger partial charge in [-0.15, -0.1) is 13.2 Å². The minimum atomic E-state index is -3.50. The molecule has 132 valence electrons. The molecule has 0 bridgehead atoms. The first-order valence-electron chi connectivity index (χ1n) is 8.53. The number of hydrogen-bond acceptors (Lipinski definition) is 3. The first-order chi connectivity index (χ1) is 11.5. The van der Waals surface area contributed by atoms with Crippen molar-refractivity contribution in [2.75, 3.05) is 13.1 Å². The van der Waals surface area contributed by atoms with Crippen molar-refractivity contribution in [2.45, 2.75) is 49.6 Å². The minimum absolute atomic E-state index is 0.0787. The molecular formula is C19H28N2O2S. The zero-order valence-electron chi connectivity index (χ0n) is 14.4. The first kappa shape index (κ1) is 18.9. The number of hydrogen-bond donors (Lipinski definition) is 1. The third-order valence-electron chi connectivity index (χ3n) is 4.56. The van der Waals surface area contributed by atoms with Crippen LogP contribution in [0, 0.1) is 6.92 Å². The lowest BCUT2D eigenvalue weighted by atomic mass is 9.89. The van der Waals surface area contributed by atoms with E-state index in [4.69, 9.17) is 0 Å². The van der Waals surface area contributed by atoms with E-state index in [0.717, 1.165) is 44.3 Å². The molecule has 1 saturated carbocycles. The van der Waals surface area contributed by atoms with Crippen LogP contribution in [-0.4, -0.2) is 38.5 Å². The molecule has 0 aliphatic heterocycles. The Morgan fingerprint density at radius 2 is 1.71 bits per heavy atom. The standard InChI is InChI=1S/C19H28N2O2S/c1-4-14-21(15-5-2)19-9-7-6-8-18(19)20-24(22,23)17-12-10-16(3)11-13-17/h4-5,10-13,18-20H,1-2,6-9,14-15H2,3H3/t18-,19-/m0/s1. The Kier molecular flexibility index (Phi) is 6.78. The summed E-state index contributed by atoms with van der Waals surface area (Å²) in [5.74, 6) is 0. The molecule has 0 unspecified atom stereocenters. The molecule has 0 aromatic heterocycles. The molecule has 1 aromatic rings. The van der Waals surface area contributed by atoms with E-state index in [1.165, 1.54) is 0 Å². The van der Waals surface area contributed by atoms with Gasteiger partial charge < -0.3 is 0 Å². The fourth-order valence-electron chi connectivity index (χ4n) is 3.35. The summed E-state index contributed by atoms with van der Waals surface area (Å²) in [7, 11) is -3.50. The van der Waals surface area contributed by atoms with E-state index < -0.39 is 10.0 Å². The summed E-state index contributed by atoms with van der Waals surface area (Å²) in [6.45, 7) is 11.1. The van der Waals surface area contributed by atoms with Crippen LogP contribution in [0.4, 0.5) is 0 Å². The molecule has 2 atom stereocenters. The van der Waals surface area contributed by atoms with Gasteiger partial charge in [0.2, 0.25) is 10.0 Å². The second-order valence-electron chi connectivity index (χ2n) is 6.42. The highest BCUT2D eigenvalue weighted by Crippen LogP contribution is 2.25. The third kappa shape index (κ3) is 4.79. The second-order valence-corrected chi connectivity index (χ2v) is 8.14. The highest BCUT2D eigenvalue weighted by molar-refractivity contribution is 7.89. The van der Waals surface area contributed by atoms with Crippen LogP contribution in [0.2, 0.25) is 0 Å². The van der Waals surface area contributed by atoms with Gasteiger partial charge in [-0.2, -0.15) is 0 Å². The summed E-state index contributed by atoms with van der Waals surface area (Å²) in [4.78, 5) is 2.58. The quantitative estimate of drug-likeness (QED) is 0.734. The van der Waals surface area contributed by atoms with Gasteiger partial charge in [-0.3, -0.25) is 4.90 Å². The maximum absolute atomic E-state index is 12.7. The monoisotopic (exact) mass is 348 g/mol. The van der Waals surface area contributed by atoms with Gasteiger partial charge >= 0.3 is 0 Å². The number of nitrogens with one attached hydrogen (secondary N) is 1. The molecule has 1 fully saturated rings. The van der Waals surface area contributed by atoms with E-state index in [2.05, 4.69) is 22.8 Å². The summed E-state index contributed by atoms with van der Waals surface area (Å²) in [6.07, 6.45) is 7.75. The molecule has 4 nitrogen and oxygen atoms in total. The largest absolute Gasteiger partial charge is 0.292 e. The van der Waals surface area contributed by atoms with E-state index in [1.54, 1.807) is 12.1 Å². The summed E-state index contributed by atoms with van der Waals surface area (Å²) in [6, 6.07) is 7.09. The number of rotatable bonds is 8. The number of benzene rings is 1. The molecule has 0 radical (unpaired) electrons. The number of aryl methyl sites for hydroxylation is 1. The Hall–Kier alpha value is -1.43. The fraction of sp³-hybridized carbons (Fsp3) is 0.474. The molecule has 5 heteroatoms. The SMILES string of the molecule is C=CCN(CC=C)[C@H]1CCCC[C@@H]1NS(=O)(=O)c1ccc(C)cc1. The van der Waals surface area contributed by atoms with Crippen molar-refractivity contribution in [1.82, 2.24) is 9.62 Å². The highest BCUT2D eigenvalue weighted by Gasteiger charge is 2.32. The second kappa shape index (κ2) is 8.60. The van der Waals surface area contributed by atoms with Gasteiger partial charge in [-0.05, 0) is 31.9 Å². The smallest absolute Gasteiger partial charge is 0.240 e. The van der Waals surface area contributed by atoms with E-state index in [9.17, 15) is 8.42 Å². The Labute approximate surface area is 146 Å². The lowest BCUT2D eigenvalue weighted by Gasteiger charge is -2.39. The lowest BCUT2D eigenvalue weighted by molar-refractivity contribution is 0.159. The van der Waals surface area contributed by atoms with Crippen LogP contribution < -0.4 is 4.72 Å². The molecule has 0 amide bonds. The van der Waals surface area contributed by atoms with E-state index in [1.807, 2.05) is 31.2 Å². The van der Waals surface area contributed by atoms with Crippen molar-refractivity contribution >= 4 is 10.0 Å². The van der Waals surface area contributed by atoms with E-state index in [-0.39, 0.29) is 12.1 Å². The fourth-order valence-corrected chi connectivity index (χ4v) is 4.65. The minimum Gasteiger partial charge on any atom is -0.292 e. The average Bonchev–Trinajstić information content (AvgIpc) is 2.55. The molecule has 1 aromatic carbocycles. The van der Waals surface area contributed by atoms with Crippen molar-refractivity contribution in [3.8, 4) is 0 Å². The molecule has 2 rings (SSSR count). The molecule has 1 N–H and O–H groups in total. The predicted molar refractivity (Wildman–Crippen MR) is 99.5 cm³/mol. The molecule has 1 aliphatic rings. The maximum Gasteiger partial charge on any atom is 0.240 e. The van der Waals surface area contributed by atoms with Crippen molar-refractivity contribution in [3.05, 3.63) is 55.1 Å². The van der Waals surface area contributed by atoms with Gasteiger partial charge in [-0.1, -0.05) is 42.7 Å². The third-order valence-corrected chi connectivity index (χ3v) is 6.07. The summed E-state index contributed by atoms with van der Waals surface area (Å²) < 4.78 is 28.4. The van der Waals surface area contributed by atoms with Crippen LogP contribution in [0.15, 0.2) is 54.5 Å². The average molecular weight is 349 g/mol. The van der Waals surface area contributed by atoms with Crippen LogP contribution in [0.1, 0.15) is 31.2 Å². The Bertz CT molecular complexity index is 642. The molecule has 0 heterocycles. The molecular weight excluding hydrogens is 320 g/mol. The van der Waals surface area contributed by atoms with Crippen LogP contribution in [0.3, 0.4) is 0 Å². The number of nitrogens with zero attached hydrogens (tertiary/aromatic N) is 1. The topological polar surface area (TPSA) is 49.4 Å². The normalized spacial score (nSPS) is 21.6. The van der Waals surface area contributed by atoms with Crippen molar-refractivity contribution < 1.29 is 8.42 Å². The van der Waals surface area contributed by atoms with Crippen molar-refractivity contribution in [2.24, 2.45) is 0 Å². The first-order valence-corrected chi connectivity index (χ1v) is 10.0. The zero-order valence-corrected chi connectivity index (χ0v) is 15.3. The van der Waals surface area contributed by atoms with Crippen molar-refractivity contribution in [3.63, 3.8) is 0 Å². The predicted octanol–water partition coefficient (Wildman–Crippen LogP) is 3.26. The van der Waals surface area contributed by atoms with Crippen molar-refractivity contribution in [1.29, 1.82) is 0 Å². The maximum atomic E-state index is 12.7. The Morgan fingerprint density at radius 3 is 2.29 bits per heavy atom. The van der Waals surface area contributed by atoms with Gasteiger partial charge in [0, 0.05) is 25.2 Å². The number of sulfonamides is 1. The Morgan fingerprint density at radius 1 is 1.12 bits per heavy atom. The highest BCUT2D eigenvalue weighted by atomic mass is 32.2. The van der Waals surface area contributed by atoms with Gasteiger partial charge in [0.25, 0.3) is 0 Å². The molecule has 0 spiro atoms. The van der Waals surface area contributed by atoms with Gasteiger partial charge in [0.1, 0.15) is 0 Å². The van der Waals surface area contributed by atoms with Crippen LogP contribution in [-0.2, 0) is 10.0 Å². The Balaban J connectivity index is 2.18. The molecule has 0 saturated heterocycles. The molecule has 1 aliphatic carbocycles. The van der Waals surface area contributed by atoms with E-state index in [0.29, 0.717) is 4.90 Å². The van der Waals surface area contributed by atoms with Crippen LogP contribution in [0.5, 0.6) is 0 Å². The summed E-state index contributed by atoms with van der Waals surface area (Å²) in [5.41, 5.74) is 1.05.